The molecule has 0 aliphatic heterocycles. The fourth-order valence-electron chi connectivity index (χ4n) is 2.72. The number of amides is 1. The Morgan fingerprint density at radius 3 is 2.57 bits per heavy atom. The van der Waals surface area contributed by atoms with Crippen LogP contribution in [0, 0.1) is 5.82 Å². The van der Waals surface area contributed by atoms with Gasteiger partial charge in [0.25, 0.3) is 11.5 Å². The number of aryl methyl sites for hydroxylation is 1. The number of carbonyl (C=O) groups excluding carboxylic acids is 1. The lowest BCUT2D eigenvalue weighted by molar-refractivity contribution is 0.0767. The molecule has 28 heavy (non-hydrogen) atoms. The summed E-state index contributed by atoms with van der Waals surface area (Å²) in [5.74, 6) is -0.777. The summed E-state index contributed by atoms with van der Waals surface area (Å²) in [6.45, 7) is 0.290. The normalized spacial score (nSPS) is 10.9. The van der Waals surface area contributed by atoms with Crippen LogP contribution in [0.4, 0.5) is 4.39 Å². The van der Waals surface area contributed by atoms with Crippen LogP contribution in [0.1, 0.15) is 10.5 Å². The second kappa shape index (κ2) is 7.63. The molecule has 0 aliphatic rings. The maximum absolute atomic E-state index is 13.5. The molecule has 8 nitrogen and oxygen atoms in total. The van der Waals surface area contributed by atoms with E-state index in [1.807, 2.05) is 0 Å². The summed E-state index contributed by atoms with van der Waals surface area (Å²) in [6, 6.07) is 8.91. The van der Waals surface area contributed by atoms with Gasteiger partial charge in [0, 0.05) is 21.1 Å². The van der Waals surface area contributed by atoms with Crippen molar-refractivity contribution in [2.24, 2.45) is 14.1 Å². The van der Waals surface area contributed by atoms with Crippen molar-refractivity contribution in [2.75, 3.05) is 20.2 Å². The van der Waals surface area contributed by atoms with Crippen LogP contribution in [-0.2, 0) is 14.1 Å². The van der Waals surface area contributed by atoms with Gasteiger partial charge in [0.2, 0.25) is 0 Å². The average molecular weight is 386 g/mol. The van der Waals surface area contributed by atoms with Gasteiger partial charge in [-0.2, -0.15) is 0 Å². The molecule has 3 aromatic rings. The van der Waals surface area contributed by atoms with Gasteiger partial charge in [-0.1, -0.05) is 12.1 Å². The third-order valence-corrected chi connectivity index (χ3v) is 4.39. The number of aromatic nitrogens is 3. The highest BCUT2D eigenvalue weighted by Gasteiger charge is 2.17. The predicted molar refractivity (Wildman–Crippen MR) is 101 cm³/mol. The Balaban J connectivity index is 1.78. The number of fused-ring (bicyclic) bond motifs is 1. The molecular weight excluding hydrogens is 367 g/mol. The summed E-state index contributed by atoms with van der Waals surface area (Å²) in [6.07, 6.45) is 0. The monoisotopic (exact) mass is 386 g/mol. The molecule has 0 unspecified atom stereocenters. The highest BCUT2D eigenvalue weighted by molar-refractivity contribution is 5.94. The zero-order valence-corrected chi connectivity index (χ0v) is 15.7. The van der Waals surface area contributed by atoms with E-state index in [0.29, 0.717) is 0 Å². The SMILES string of the molecule is CN(CCOc1ccccc1F)C(=O)c1ccc2c(=O)n(C)c(=O)n(C)c2n1. The molecule has 0 N–H and O–H groups in total. The minimum atomic E-state index is -0.527. The van der Waals surface area contributed by atoms with Crippen molar-refractivity contribution in [1.82, 2.24) is 19.0 Å². The van der Waals surface area contributed by atoms with Gasteiger partial charge in [0.1, 0.15) is 17.9 Å². The smallest absolute Gasteiger partial charge is 0.332 e. The van der Waals surface area contributed by atoms with E-state index in [1.54, 1.807) is 19.2 Å². The summed E-state index contributed by atoms with van der Waals surface area (Å²) < 4.78 is 21.1. The molecule has 146 valence electrons. The molecule has 0 saturated carbocycles. The van der Waals surface area contributed by atoms with Gasteiger partial charge in [-0.05, 0) is 24.3 Å². The second-order valence-corrected chi connectivity index (χ2v) is 6.28. The lowest BCUT2D eigenvalue weighted by atomic mass is 10.2. The van der Waals surface area contributed by atoms with Crippen LogP contribution < -0.4 is 16.0 Å². The topological polar surface area (TPSA) is 86.4 Å². The van der Waals surface area contributed by atoms with Gasteiger partial charge in [0.05, 0.1) is 11.9 Å². The highest BCUT2D eigenvalue weighted by Crippen LogP contribution is 2.15. The molecular formula is C19H19FN4O4. The van der Waals surface area contributed by atoms with E-state index >= 15 is 0 Å². The third-order valence-electron chi connectivity index (χ3n) is 4.39. The maximum atomic E-state index is 13.5. The van der Waals surface area contributed by atoms with Crippen LogP contribution in [-0.4, -0.2) is 45.1 Å². The zero-order valence-electron chi connectivity index (χ0n) is 15.7. The number of hydrogen-bond donors (Lipinski definition) is 0. The molecule has 0 aliphatic carbocycles. The summed E-state index contributed by atoms with van der Waals surface area (Å²) in [5.41, 5.74) is -0.781. The molecule has 0 bridgehead atoms. The van der Waals surface area contributed by atoms with Gasteiger partial charge in [-0.25, -0.2) is 14.2 Å². The number of para-hydroxylation sites is 1. The average Bonchev–Trinajstić information content (AvgIpc) is 2.71. The summed E-state index contributed by atoms with van der Waals surface area (Å²) in [7, 11) is 4.42. The molecule has 1 aromatic carbocycles. The molecule has 2 aromatic heterocycles. The molecule has 0 saturated heterocycles. The number of halogens is 1. The van der Waals surface area contributed by atoms with Crippen molar-refractivity contribution in [3.8, 4) is 5.75 Å². The largest absolute Gasteiger partial charge is 0.489 e. The molecule has 1 amide bonds. The lowest BCUT2D eigenvalue weighted by Gasteiger charge is -2.17. The van der Waals surface area contributed by atoms with Gasteiger partial charge in [-0.3, -0.25) is 18.7 Å². The number of likely N-dealkylation sites (N-methyl/N-ethyl adjacent to an activating group) is 1. The van der Waals surface area contributed by atoms with Crippen LogP contribution in [0.2, 0.25) is 0 Å². The molecule has 0 atom stereocenters. The van der Waals surface area contributed by atoms with Crippen LogP contribution in [0.25, 0.3) is 11.0 Å². The van der Waals surface area contributed by atoms with E-state index in [2.05, 4.69) is 4.98 Å². The quantitative estimate of drug-likeness (QED) is 0.651. The molecule has 0 radical (unpaired) electrons. The van der Waals surface area contributed by atoms with E-state index in [4.69, 9.17) is 4.74 Å². The number of benzene rings is 1. The van der Waals surface area contributed by atoms with Gasteiger partial charge in [0.15, 0.2) is 11.6 Å². The first-order valence-electron chi connectivity index (χ1n) is 8.51. The second-order valence-electron chi connectivity index (χ2n) is 6.28. The first kappa shape index (κ1) is 19.3. The number of pyridine rings is 1. The minimum absolute atomic E-state index is 0.0872. The Hall–Kier alpha value is -3.49. The van der Waals surface area contributed by atoms with Crippen molar-refractivity contribution in [3.05, 3.63) is 68.7 Å². The van der Waals surface area contributed by atoms with Crippen molar-refractivity contribution in [3.63, 3.8) is 0 Å². The van der Waals surface area contributed by atoms with E-state index in [1.165, 1.54) is 47.8 Å². The van der Waals surface area contributed by atoms with E-state index < -0.39 is 23.0 Å². The van der Waals surface area contributed by atoms with Crippen molar-refractivity contribution in [2.45, 2.75) is 0 Å². The fourth-order valence-corrected chi connectivity index (χ4v) is 2.72. The number of hydrogen-bond acceptors (Lipinski definition) is 5. The molecule has 0 spiro atoms. The van der Waals surface area contributed by atoms with Gasteiger partial charge < -0.3 is 9.64 Å². The van der Waals surface area contributed by atoms with E-state index in [0.717, 1.165) is 4.57 Å². The Morgan fingerprint density at radius 2 is 1.86 bits per heavy atom. The van der Waals surface area contributed by atoms with Crippen molar-refractivity contribution >= 4 is 16.9 Å². The predicted octanol–water partition coefficient (Wildman–Crippen LogP) is 0.922. The fraction of sp³-hybridized carbons (Fsp3) is 0.263. The molecule has 3 rings (SSSR count). The number of carbonyl (C=O) groups is 1. The first-order valence-corrected chi connectivity index (χ1v) is 8.51. The highest BCUT2D eigenvalue weighted by atomic mass is 19.1. The Morgan fingerprint density at radius 1 is 1.14 bits per heavy atom. The van der Waals surface area contributed by atoms with E-state index in [9.17, 15) is 18.8 Å². The standard InChI is InChI=1S/C19H19FN4O4/c1-22(10-11-28-15-7-5-4-6-13(15)20)18(26)14-9-8-12-16(21-14)23(2)19(27)24(3)17(12)25/h4-9H,10-11H2,1-3H3. The van der Waals surface area contributed by atoms with E-state index in [-0.39, 0.29) is 35.6 Å². The third kappa shape index (κ3) is 3.51. The van der Waals surface area contributed by atoms with Crippen molar-refractivity contribution in [1.29, 1.82) is 0 Å². The number of nitrogens with zero attached hydrogens (tertiary/aromatic N) is 4. The Labute approximate surface area is 159 Å². The molecule has 2 heterocycles. The minimum Gasteiger partial charge on any atom is -0.489 e. The van der Waals surface area contributed by atoms with Crippen LogP contribution >= 0.6 is 0 Å². The summed E-state index contributed by atoms with van der Waals surface area (Å²) in [4.78, 5) is 42.4. The maximum Gasteiger partial charge on any atom is 0.332 e. The summed E-state index contributed by atoms with van der Waals surface area (Å²) >= 11 is 0. The summed E-state index contributed by atoms with van der Waals surface area (Å²) in [5, 5.41) is 0.242. The number of rotatable bonds is 5. The van der Waals surface area contributed by atoms with Crippen LogP contribution in [0.15, 0.2) is 46.0 Å². The zero-order chi connectivity index (χ0) is 20.4. The van der Waals surface area contributed by atoms with Gasteiger partial charge >= 0.3 is 5.69 Å². The lowest BCUT2D eigenvalue weighted by Crippen LogP contribution is -2.38. The Bertz CT molecular complexity index is 1170. The van der Waals surface area contributed by atoms with Crippen LogP contribution in [0.5, 0.6) is 5.75 Å². The Kier molecular flexibility index (Phi) is 5.25. The number of ether oxygens (including phenoxy) is 1. The van der Waals surface area contributed by atoms with Crippen molar-refractivity contribution < 1.29 is 13.9 Å². The molecule has 9 heteroatoms. The van der Waals surface area contributed by atoms with Gasteiger partial charge in [-0.15, -0.1) is 0 Å². The molecule has 0 fully saturated rings. The first-order chi connectivity index (χ1) is 13.3. The van der Waals surface area contributed by atoms with Crippen LogP contribution in [0.3, 0.4) is 0 Å².